The maximum atomic E-state index is 11.4. The van der Waals surface area contributed by atoms with E-state index in [-0.39, 0.29) is 5.91 Å². The summed E-state index contributed by atoms with van der Waals surface area (Å²) in [6.07, 6.45) is 2.40. The molecule has 0 aromatic heterocycles. The fraction of sp³-hybridized carbons (Fsp3) is 0.364. The van der Waals surface area contributed by atoms with Crippen molar-refractivity contribution in [2.24, 2.45) is 0 Å². The van der Waals surface area contributed by atoms with Gasteiger partial charge in [-0.1, -0.05) is 15.9 Å². The molecule has 1 amide bonds. The van der Waals surface area contributed by atoms with Gasteiger partial charge in [0, 0.05) is 16.2 Å². The lowest BCUT2D eigenvalue weighted by Crippen LogP contribution is -2.29. The van der Waals surface area contributed by atoms with Gasteiger partial charge in [-0.15, -0.1) is 0 Å². The van der Waals surface area contributed by atoms with Crippen LogP contribution < -0.4 is 10.6 Å². The van der Waals surface area contributed by atoms with Gasteiger partial charge in [0.05, 0.1) is 6.54 Å². The normalized spacial score (nSPS) is 15.0. The zero-order chi connectivity index (χ0) is 10.7. The van der Waals surface area contributed by atoms with Gasteiger partial charge in [-0.3, -0.25) is 4.79 Å². The molecule has 1 fully saturated rings. The van der Waals surface area contributed by atoms with E-state index < -0.39 is 0 Å². The number of nitrogens with one attached hydrogen (secondary N) is 2. The molecule has 0 bridgehead atoms. The number of rotatable bonds is 4. The highest BCUT2D eigenvalue weighted by atomic mass is 79.9. The van der Waals surface area contributed by atoms with Gasteiger partial charge in [-0.2, -0.15) is 0 Å². The Hall–Kier alpha value is -0.870. The average molecular weight is 269 g/mol. The van der Waals surface area contributed by atoms with Gasteiger partial charge in [0.2, 0.25) is 5.91 Å². The highest BCUT2D eigenvalue weighted by Gasteiger charge is 2.20. The van der Waals surface area contributed by atoms with Crippen molar-refractivity contribution in [2.75, 3.05) is 11.9 Å². The lowest BCUT2D eigenvalue weighted by atomic mass is 10.3. The molecule has 0 spiro atoms. The highest BCUT2D eigenvalue weighted by molar-refractivity contribution is 9.10. The van der Waals surface area contributed by atoms with E-state index in [1.54, 1.807) is 0 Å². The second kappa shape index (κ2) is 4.77. The quantitative estimate of drug-likeness (QED) is 0.879. The second-order valence-electron chi connectivity index (χ2n) is 3.71. The number of anilines is 1. The van der Waals surface area contributed by atoms with Gasteiger partial charge in [0.1, 0.15) is 0 Å². The fourth-order valence-corrected chi connectivity index (χ4v) is 1.53. The summed E-state index contributed by atoms with van der Waals surface area (Å²) in [4.78, 5) is 11.4. The minimum Gasteiger partial charge on any atom is -0.325 e. The van der Waals surface area contributed by atoms with E-state index >= 15 is 0 Å². The Kier molecular flexibility index (Phi) is 3.38. The summed E-state index contributed by atoms with van der Waals surface area (Å²) in [5, 5.41) is 6.00. The number of benzene rings is 1. The van der Waals surface area contributed by atoms with Crippen molar-refractivity contribution in [3.8, 4) is 0 Å². The van der Waals surface area contributed by atoms with E-state index in [1.807, 2.05) is 24.3 Å². The zero-order valence-corrected chi connectivity index (χ0v) is 9.88. The minimum atomic E-state index is 0.0178. The number of hydrogen-bond acceptors (Lipinski definition) is 2. The molecule has 1 aromatic carbocycles. The third-order valence-electron chi connectivity index (χ3n) is 2.26. The van der Waals surface area contributed by atoms with Gasteiger partial charge >= 0.3 is 0 Å². The van der Waals surface area contributed by atoms with Crippen LogP contribution in [0.25, 0.3) is 0 Å². The summed E-state index contributed by atoms with van der Waals surface area (Å²) in [7, 11) is 0. The molecule has 1 saturated carbocycles. The van der Waals surface area contributed by atoms with Gasteiger partial charge in [0.25, 0.3) is 0 Å². The Morgan fingerprint density at radius 2 is 2.00 bits per heavy atom. The Morgan fingerprint density at radius 3 is 2.60 bits per heavy atom. The highest BCUT2D eigenvalue weighted by Crippen LogP contribution is 2.18. The maximum absolute atomic E-state index is 11.4. The Balaban J connectivity index is 1.79. The first kappa shape index (κ1) is 10.6. The van der Waals surface area contributed by atoms with Crippen LogP contribution in [0.2, 0.25) is 0 Å². The van der Waals surface area contributed by atoms with E-state index in [9.17, 15) is 4.79 Å². The molecule has 0 saturated heterocycles. The number of halogens is 1. The van der Waals surface area contributed by atoms with E-state index in [2.05, 4.69) is 26.6 Å². The molecule has 0 unspecified atom stereocenters. The van der Waals surface area contributed by atoms with Crippen LogP contribution in [-0.2, 0) is 4.79 Å². The van der Waals surface area contributed by atoms with E-state index in [0.29, 0.717) is 12.6 Å². The molecule has 0 aliphatic heterocycles. The molecule has 1 aliphatic carbocycles. The van der Waals surface area contributed by atoms with E-state index in [4.69, 9.17) is 0 Å². The molecule has 0 radical (unpaired) electrons. The van der Waals surface area contributed by atoms with E-state index in [1.165, 1.54) is 12.8 Å². The molecule has 80 valence electrons. The second-order valence-corrected chi connectivity index (χ2v) is 4.63. The third-order valence-corrected chi connectivity index (χ3v) is 2.79. The number of amides is 1. The number of carbonyl (C=O) groups excluding carboxylic acids is 1. The Bertz CT molecular complexity index is 346. The largest absolute Gasteiger partial charge is 0.325 e. The van der Waals surface area contributed by atoms with Crippen LogP contribution in [0, 0.1) is 0 Å². The Morgan fingerprint density at radius 1 is 1.33 bits per heavy atom. The molecule has 1 aromatic rings. The molecule has 2 N–H and O–H groups in total. The van der Waals surface area contributed by atoms with Crippen LogP contribution in [-0.4, -0.2) is 18.5 Å². The molecule has 0 atom stereocenters. The summed E-state index contributed by atoms with van der Waals surface area (Å²) in [5.74, 6) is 0.0178. The molecule has 3 nitrogen and oxygen atoms in total. The molecular weight excluding hydrogens is 256 g/mol. The van der Waals surface area contributed by atoms with Crippen LogP contribution in [0.1, 0.15) is 12.8 Å². The molecule has 1 aliphatic rings. The summed E-state index contributed by atoms with van der Waals surface area (Å²) < 4.78 is 1.01. The lowest BCUT2D eigenvalue weighted by Gasteiger charge is -2.05. The maximum Gasteiger partial charge on any atom is 0.238 e. The molecule has 2 rings (SSSR count). The summed E-state index contributed by atoms with van der Waals surface area (Å²) in [5.41, 5.74) is 0.834. The van der Waals surface area contributed by atoms with Gasteiger partial charge in [-0.05, 0) is 37.1 Å². The first-order chi connectivity index (χ1) is 7.24. The fourth-order valence-electron chi connectivity index (χ4n) is 1.26. The first-order valence-corrected chi connectivity index (χ1v) is 5.82. The Labute approximate surface area is 97.4 Å². The van der Waals surface area contributed by atoms with Crippen molar-refractivity contribution < 1.29 is 4.79 Å². The van der Waals surface area contributed by atoms with Crippen molar-refractivity contribution in [3.05, 3.63) is 28.7 Å². The topological polar surface area (TPSA) is 41.1 Å². The van der Waals surface area contributed by atoms with Gasteiger partial charge in [0.15, 0.2) is 0 Å². The van der Waals surface area contributed by atoms with Crippen molar-refractivity contribution >= 4 is 27.5 Å². The SMILES string of the molecule is O=C(CNC1CC1)Nc1ccc(Br)cc1. The number of hydrogen-bond donors (Lipinski definition) is 2. The van der Waals surface area contributed by atoms with E-state index in [0.717, 1.165) is 10.2 Å². The van der Waals surface area contributed by atoms with Crippen molar-refractivity contribution in [1.82, 2.24) is 5.32 Å². The summed E-state index contributed by atoms with van der Waals surface area (Å²) in [6, 6.07) is 8.13. The van der Waals surface area contributed by atoms with Gasteiger partial charge < -0.3 is 10.6 Å². The molecule has 15 heavy (non-hydrogen) atoms. The molecule has 4 heteroatoms. The van der Waals surface area contributed by atoms with Crippen LogP contribution in [0.4, 0.5) is 5.69 Å². The standard InChI is InChI=1S/C11H13BrN2O/c12-8-1-3-10(4-2-8)14-11(15)7-13-9-5-6-9/h1-4,9,13H,5-7H2,(H,14,15). The smallest absolute Gasteiger partial charge is 0.238 e. The van der Waals surface area contributed by atoms with Crippen LogP contribution in [0.5, 0.6) is 0 Å². The minimum absolute atomic E-state index is 0.0178. The van der Waals surface area contributed by atoms with Crippen LogP contribution in [0.15, 0.2) is 28.7 Å². The van der Waals surface area contributed by atoms with Crippen molar-refractivity contribution in [3.63, 3.8) is 0 Å². The van der Waals surface area contributed by atoms with Crippen LogP contribution in [0.3, 0.4) is 0 Å². The predicted molar refractivity (Wildman–Crippen MR) is 63.8 cm³/mol. The van der Waals surface area contributed by atoms with Gasteiger partial charge in [-0.25, -0.2) is 0 Å². The average Bonchev–Trinajstić information content (AvgIpc) is 3.02. The van der Waals surface area contributed by atoms with Crippen molar-refractivity contribution in [2.45, 2.75) is 18.9 Å². The van der Waals surface area contributed by atoms with Crippen molar-refractivity contribution in [1.29, 1.82) is 0 Å². The summed E-state index contributed by atoms with van der Waals surface area (Å²) >= 11 is 3.34. The first-order valence-electron chi connectivity index (χ1n) is 5.03. The summed E-state index contributed by atoms with van der Waals surface area (Å²) in [6.45, 7) is 0.404. The third kappa shape index (κ3) is 3.64. The predicted octanol–water partition coefficient (Wildman–Crippen LogP) is 2.14. The monoisotopic (exact) mass is 268 g/mol. The zero-order valence-electron chi connectivity index (χ0n) is 8.29. The lowest BCUT2D eigenvalue weighted by molar-refractivity contribution is -0.115. The molecular formula is C11H13BrN2O. The van der Waals surface area contributed by atoms with Crippen LogP contribution >= 0.6 is 15.9 Å². The molecule has 0 heterocycles. The number of carbonyl (C=O) groups is 1.